The minimum Gasteiger partial charge on any atom is -0.495 e. The summed E-state index contributed by atoms with van der Waals surface area (Å²) >= 11 is 11.3. The fraction of sp³-hybridized carbons (Fsp3) is 0.333. The average molecular weight is 220 g/mol. The molecule has 1 aromatic rings. The van der Waals surface area contributed by atoms with E-state index in [0.29, 0.717) is 10.8 Å². The first kappa shape index (κ1) is 10.6. The van der Waals surface area contributed by atoms with Gasteiger partial charge >= 0.3 is 0 Å². The maximum Gasteiger partial charge on any atom is 0.137 e. The molecule has 0 aliphatic heterocycles. The van der Waals surface area contributed by atoms with Crippen molar-refractivity contribution in [2.24, 2.45) is 0 Å². The highest BCUT2D eigenvalue weighted by atomic mass is 35.5. The zero-order chi connectivity index (χ0) is 9.68. The first-order valence-electron chi connectivity index (χ1n) is 3.94. The van der Waals surface area contributed by atoms with Gasteiger partial charge in [0, 0.05) is 6.54 Å². The van der Waals surface area contributed by atoms with Crippen molar-refractivity contribution in [3.05, 3.63) is 28.8 Å². The smallest absolute Gasteiger partial charge is 0.137 e. The van der Waals surface area contributed by atoms with E-state index in [1.165, 1.54) is 0 Å². The minimum absolute atomic E-state index is 0.634. The summed E-state index contributed by atoms with van der Waals surface area (Å²) in [5.41, 5.74) is 1.14. The Balaban J connectivity index is 2.71. The third-order valence-electron chi connectivity index (χ3n) is 1.72. The van der Waals surface area contributed by atoms with Gasteiger partial charge in [0.05, 0.1) is 12.1 Å². The van der Waals surface area contributed by atoms with Crippen LogP contribution >= 0.6 is 23.4 Å². The maximum absolute atomic E-state index is 5.93. The van der Waals surface area contributed by atoms with Gasteiger partial charge in [-0.1, -0.05) is 17.7 Å². The topological polar surface area (TPSA) is 21.3 Å². The van der Waals surface area contributed by atoms with Crippen molar-refractivity contribution in [1.82, 2.24) is 4.84 Å². The van der Waals surface area contributed by atoms with Crippen LogP contribution in [0.5, 0.6) is 5.75 Å². The molecule has 0 aliphatic rings. The number of ether oxygens (including phenoxy) is 1. The summed E-state index contributed by atoms with van der Waals surface area (Å²) in [5.74, 6) is 0.698. The monoisotopic (exact) mass is 219 g/mol. The van der Waals surface area contributed by atoms with Crippen molar-refractivity contribution in [3.8, 4) is 5.75 Å². The lowest BCUT2D eigenvalue weighted by Crippen LogP contribution is -2.04. The molecule has 72 valence electrons. The summed E-state index contributed by atoms with van der Waals surface area (Å²) in [6.07, 6.45) is 0.854. The Morgan fingerprint density at radius 2 is 2.23 bits per heavy atom. The van der Waals surface area contributed by atoms with Crippen molar-refractivity contribution < 1.29 is 4.74 Å². The lowest BCUT2D eigenvalue weighted by atomic mass is 10.1. The van der Waals surface area contributed by atoms with Gasteiger partial charge in [-0.25, -0.2) is 4.84 Å². The van der Waals surface area contributed by atoms with Crippen LogP contribution in [0.4, 0.5) is 0 Å². The van der Waals surface area contributed by atoms with Gasteiger partial charge in [-0.2, -0.15) is 0 Å². The first-order valence-corrected chi connectivity index (χ1v) is 4.69. The van der Waals surface area contributed by atoms with Gasteiger partial charge in [0.2, 0.25) is 0 Å². The number of methoxy groups -OCH3 is 1. The highest BCUT2D eigenvalue weighted by Crippen LogP contribution is 2.24. The Morgan fingerprint density at radius 3 is 2.77 bits per heavy atom. The number of nitrogens with one attached hydrogen (secondary N) is 1. The predicted molar refractivity (Wildman–Crippen MR) is 55.6 cm³/mol. The van der Waals surface area contributed by atoms with E-state index >= 15 is 0 Å². The van der Waals surface area contributed by atoms with Gasteiger partial charge in [0.1, 0.15) is 5.75 Å². The second-order valence-corrected chi connectivity index (χ2v) is 3.28. The van der Waals surface area contributed by atoms with Crippen molar-refractivity contribution in [3.63, 3.8) is 0 Å². The van der Waals surface area contributed by atoms with Gasteiger partial charge in [0.15, 0.2) is 0 Å². The maximum atomic E-state index is 5.93. The minimum atomic E-state index is 0.634. The number of halogens is 2. The molecule has 4 heteroatoms. The molecule has 0 atom stereocenters. The number of hydrogen-bond donors (Lipinski definition) is 1. The van der Waals surface area contributed by atoms with Gasteiger partial charge < -0.3 is 4.74 Å². The molecule has 0 aromatic heterocycles. The fourth-order valence-electron chi connectivity index (χ4n) is 1.06. The van der Waals surface area contributed by atoms with E-state index in [0.717, 1.165) is 18.5 Å². The molecule has 0 radical (unpaired) electrons. The van der Waals surface area contributed by atoms with E-state index < -0.39 is 0 Å². The quantitative estimate of drug-likeness (QED) is 0.787. The molecule has 1 N–H and O–H groups in total. The van der Waals surface area contributed by atoms with Crippen LogP contribution < -0.4 is 9.57 Å². The lowest BCUT2D eigenvalue weighted by molar-refractivity contribution is 0.415. The second kappa shape index (κ2) is 5.32. The first-order chi connectivity index (χ1) is 6.27. The molecule has 0 aliphatic carbocycles. The summed E-state index contributed by atoms with van der Waals surface area (Å²) in [7, 11) is 1.60. The van der Waals surface area contributed by atoms with E-state index in [1.807, 2.05) is 18.2 Å². The molecule has 1 aromatic carbocycles. The summed E-state index contributed by atoms with van der Waals surface area (Å²) in [4.78, 5) is 2.56. The van der Waals surface area contributed by atoms with E-state index in [1.54, 1.807) is 7.11 Å². The Labute approximate surface area is 87.9 Å². The fourth-order valence-corrected chi connectivity index (χ4v) is 1.43. The Hall–Kier alpha value is -0.440. The van der Waals surface area contributed by atoms with Gasteiger partial charge in [-0.3, -0.25) is 0 Å². The van der Waals surface area contributed by atoms with Crippen molar-refractivity contribution in [2.75, 3.05) is 13.7 Å². The zero-order valence-corrected chi connectivity index (χ0v) is 8.82. The molecule has 0 heterocycles. The summed E-state index contributed by atoms with van der Waals surface area (Å²) in [5, 5.41) is 0.634. The Bertz CT molecular complexity index is 278. The average Bonchev–Trinajstić information content (AvgIpc) is 2.15. The van der Waals surface area contributed by atoms with Crippen LogP contribution in [0, 0.1) is 0 Å². The second-order valence-electron chi connectivity index (χ2n) is 2.60. The van der Waals surface area contributed by atoms with E-state index in [2.05, 4.69) is 4.84 Å². The Morgan fingerprint density at radius 1 is 1.46 bits per heavy atom. The standard InChI is InChI=1S/C9H11Cl2NO/c1-13-9-3-2-7(4-5-12-11)6-8(9)10/h2-3,6,12H,4-5H2,1H3. The number of rotatable bonds is 4. The third kappa shape index (κ3) is 3.07. The van der Waals surface area contributed by atoms with Crippen molar-refractivity contribution in [2.45, 2.75) is 6.42 Å². The third-order valence-corrected chi connectivity index (χ3v) is 2.21. The zero-order valence-electron chi connectivity index (χ0n) is 7.31. The molecule has 0 fully saturated rings. The van der Waals surface area contributed by atoms with Crippen LogP contribution in [0.3, 0.4) is 0 Å². The molecule has 0 unspecified atom stereocenters. The lowest BCUT2D eigenvalue weighted by Gasteiger charge is -2.05. The van der Waals surface area contributed by atoms with Gasteiger partial charge in [-0.05, 0) is 35.9 Å². The van der Waals surface area contributed by atoms with Crippen LogP contribution in [0.2, 0.25) is 5.02 Å². The largest absolute Gasteiger partial charge is 0.495 e. The van der Waals surface area contributed by atoms with E-state index in [9.17, 15) is 0 Å². The van der Waals surface area contributed by atoms with Crippen molar-refractivity contribution >= 4 is 23.4 Å². The van der Waals surface area contributed by atoms with Gasteiger partial charge in [-0.15, -0.1) is 0 Å². The van der Waals surface area contributed by atoms with Gasteiger partial charge in [0.25, 0.3) is 0 Å². The normalized spacial score (nSPS) is 10.1. The molecule has 0 amide bonds. The number of benzene rings is 1. The molecule has 2 nitrogen and oxygen atoms in total. The molecule has 0 bridgehead atoms. The summed E-state index contributed by atoms with van der Waals surface area (Å²) in [6.45, 7) is 0.726. The molecule has 13 heavy (non-hydrogen) atoms. The summed E-state index contributed by atoms with van der Waals surface area (Å²) in [6, 6.07) is 5.71. The predicted octanol–water partition coefficient (Wildman–Crippen LogP) is 2.63. The summed E-state index contributed by atoms with van der Waals surface area (Å²) < 4.78 is 5.03. The van der Waals surface area contributed by atoms with Crippen LogP contribution in [-0.2, 0) is 6.42 Å². The SMILES string of the molecule is COc1ccc(CCNCl)cc1Cl. The molecule has 0 saturated heterocycles. The molecule has 1 rings (SSSR count). The van der Waals surface area contributed by atoms with Crippen LogP contribution in [0.1, 0.15) is 5.56 Å². The molecule has 0 spiro atoms. The molecular weight excluding hydrogens is 209 g/mol. The molecule has 0 saturated carbocycles. The van der Waals surface area contributed by atoms with E-state index in [-0.39, 0.29) is 0 Å². The van der Waals surface area contributed by atoms with Crippen LogP contribution in [0.15, 0.2) is 18.2 Å². The van der Waals surface area contributed by atoms with Crippen molar-refractivity contribution in [1.29, 1.82) is 0 Å². The Kier molecular flexibility index (Phi) is 4.36. The highest BCUT2D eigenvalue weighted by Gasteiger charge is 2.00. The van der Waals surface area contributed by atoms with E-state index in [4.69, 9.17) is 28.1 Å². The number of hydrogen-bond acceptors (Lipinski definition) is 2. The molecular formula is C9H11Cl2NO. The van der Waals surface area contributed by atoms with Crippen LogP contribution in [0.25, 0.3) is 0 Å². The highest BCUT2D eigenvalue weighted by molar-refractivity contribution is 6.32. The van der Waals surface area contributed by atoms with Crippen LogP contribution in [-0.4, -0.2) is 13.7 Å².